The van der Waals surface area contributed by atoms with Crippen LogP contribution in [0.1, 0.15) is 66.9 Å². The van der Waals surface area contributed by atoms with Gasteiger partial charge in [-0.25, -0.2) is 4.79 Å². The number of benzene rings is 2. The Labute approximate surface area is 187 Å². The van der Waals surface area contributed by atoms with E-state index in [-0.39, 0.29) is 29.8 Å². The van der Waals surface area contributed by atoms with Crippen molar-refractivity contribution >= 4 is 29.4 Å². The summed E-state index contributed by atoms with van der Waals surface area (Å²) in [4.78, 5) is 24.7. The molecule has 6 heteroatoms. The van der Waals surface area contributed by atoms with Gasteiger partial charge < -0.3 is 14.6 Å². The van der Waals surface area contributed by atoms with Crippen molar-refractivity contribution in [2.24, 2.45) is 0 Å². The van der Waals surface area contributed by atoms with Crippen molar-refractivity contribution in [1.29, 1.82) is 0 Å². The minimum Gasteiger partial charge on any atom is -0.507 e. The number of hydrogen-bond acceptors (Lipinski definition) is 5. The van der Waals surface area contributed by atoms with Gasteiger partial charge in [0.25, 0.3) is 0 Å². The maximum atomic E-state index is 12.8. The highest BCUT2D eigenvalue weighted by Crippen LogP contribution is 2.31. The van der Waals surface area contributed by atoms with Crippen molar-refractivity contribution in [3.63, 3.8) is 0 Å². The number of phenolic OH excluding ortho intramolecular Hbond substituents is 1. The summed E-state index contributed by atoms with van der Waals surface area (Å²) >= 11 is 6.18. The molecule has 2 aromatic rings. The maximum Gasteiger partial charge on any atom is 0.342 e. The van der Waals surface area contributed by atoms with Gasteiger partial charge in [0.05, 0.1) is 6.10 Å². The highest BCUT2D eigenvalue weighted by atomic mass is 35.5. The van der Waals surface area contributed by atoms with Crippen LogP contribution in [0.5, 0.6) is 11.5 Å². The number of halogens is 1. The molecule has 0 saturated carbocycles. The number of carbonyl (C=O) groups is 2. The quantitative estimate of drug-likeness (QED) is 0.581. The van der Waals surface area contributed by atoms with Crippen molar-refractivity contribution in [3.05, 3.63) is 64.2 Å². The van der Waals surface area contributed by atoms with Gasteiger partial charge in [-0.1, -0.05) is 42.0 Å². The number of cyclic esters (lactones) is 1. The average Bonchev–Trinajstić information content (AvgIpc) is 2.72. The lowest BCUT2D eigenvalue weighted by atomic mass is 10.0. The van der Waals surface area contributed by atoms with Crippen LogP contribution in [-0.2, 0) is 16.1 Å². The molecule has 164 valence electrons. The fourth-order valence-corrected chi connectivity index (χ4v) is 3.67. The molecule has 1 aliphatic rings. The summed E-state index contributed by atoms with van der Waals surface area (Å²) in [6, 6.07) is 10.5. The molecule has 1 heterocycles. The minimum absolute atomic E-state index is 0.112. The molecule has 0 aromatic heterocycles. The normalized spacial score (nSPS) is 18.1. The van der Waals surface area contributed by atoms with Gasteiger partial charge in [-0.2, -0.15) is 0 Å². The molecule has 31 heavy (non-hydrogen) atoms. The predicted molar refractivity (Wildman–Crippen MR) is 121 cm³/mol. The minimum atomic E-state index is -0.592. The number of aromatic hydroxyl groups is 1. The Morgan fingerprint density at radius 3 is 2.74 bits per heavy atom. The van der Waals surface area contributed by atoms with Gasteiger partial charge in [0.1, 0.15) is 29.5 Å². The van der Waals surface area contributed by atoms with Gasteiger partial charge in [0.15, 0.2) is 0 Å². The molecular weight excluding hydrogens is 416 g/mol. The van der Waals surface area contributed by atoms with Gasteiger partial charge in [0, 0.05) is 29.5 Å². The second-order valence-electron chi connectivity index (χ2n) is 7.73. The zero-order valence-electron chi connectivity index (χ0n) is 17.6. The van der Waals surface area contributed by atoms with Crippen molar-refractivity contribution in [3.8, 4) is 11.5 Å². The van der Waals surface area contributed by atoms with E-state index >= 15 is 0 Å². The van der Waals surface area contributed by atoms with Crippen LogP contribution in [-0.4, -0.2) is 23.0 Å². The lowest BCUT2D eigenvalue weighted by Gasteiger charge is -2.16. The van der Waals surface area contributed by atoms with E-state index in [2.05, 4.69) is 0 Å². The third kappa shape index (κ3) is 6.59. The Bertz CT molecular complexity index is 966. The number of ketones is 1. The Morgan fingerprint density at radius 1 is 1.16 bits per heavy atom. The van der Waals surface area contributed by atoms with E-state index < -0.39 is 5.97 Å². The Hall–Kier alpha value is -2.79. The highest BCUT2D eigenvalue weighted by Gasteiger charge is 2.21. The molecule has 0 spiro atoms. The van der Waals surface area contributed by atoms with Gasteiger partial charge >= 0.3 is 5.97 Å². The first-order valence-electron chi connectivity index (χ1n) is 10.6. The lowest BCUT2D eigenvalue weighted by molar-refractivity contribution is -0.119. The van der Waals surface area contributed by atoms with Crippen LogP contribution in [0.4, 0.5) is 0 Å². The van der Waals surface area contributed by atoms with Crippen LogP contribution in [0.25, 0.3) is 6.08 Å². The first-order chi connectivity index (χ1) is 14.9. The molecule has 0 aliphatic carbocycles. The third-order valence-corrected chi connectivity index (χ3v) is 5.54. The number of hydrogen-bond donors (Lipinski definition) is 1. The van der Waals surface area contributed by atoms with Crippen LogP contribution >= 0.6 is 11.6 Å². The average molecular weight is 443 g/mol. The second-order valence-corrected chi connectivity index (χ2v) is 8.14. The topological polar surface area (TPSA) is 72.8 Å². The summed E-state index contributed by atoms with van der Waals surface area (Å²) in [6.45, 7) is 2.02. The number of fused-ring (bicyclic) bond motifs is 1. The highest BCUT2D eigenvalue weighted by molar-refractivity contribution is 6.31. The van der Waals surface area contributed by atoms with Crippen molar-refractivity contribution in [2.75, 3.05) is 0 Å². The van der Waals surface area contributed by atoms with E-state index in [0.717, 1.165) is 12.0 Å². The van der Waals surface area contributed by atoms with Crippen LogP contribution in [0.3, 0.4) is 0 Å². The molecule has 0 radical (unpaired) electrons. The fourth-order valence-electron chi connectivity index (χ4n) is 3.48. The molecule has 1 aliphatic heterocycles. The number of phenols is 1. The van der Waals surface area contributed by atoms with Gasteiger partial charge in [0.2, 0.25) is 0 Å². The summed E-state index contributed by atoms with van der Waals surface area (Å²) in [7, 11) is 0. The Morgan fingerprint density at radius 2 is 1.94 bits per heavy atom. The van der Waals surface area contributed by atoms with Crippen molar-refractivity contribution in [1.82, 2.24) is 0 Å². The van der Waals surface area contributed by atoms with Gasteiger partial charge in [-0.05, 0) is 50.3 Å². The molecule has 1 atom stereocenters. The molecule has 0 amide bonds. The zero-order valence-corrected chi connectivity index (χ0v) is 18.4. The number of ether oxygens (including phenoxy) is 2. The number of carbonyl (C=O) groups excluding carboxylic acids is 2. The SMILES string of the molecule is CC1CCCC(=O)CCCC=Cc2cc(OCc3ccccc3Cl)cc(O)c2C(=O)O1. The molecule has 5 nitrogen and oxygen atoms in total. The van der Waals surface area contributed by atoms with Crippen LogP contribution in [0, 0.1) is 0 Å². The van der Waals surface area contributed by atoms with Gasteiger partial charge in [-0.15, -0.1) is 0 Å². The van der Waals surface area contributed by atoms with Crippen molar-refractivity contribution < 1.29 is 24.2 Å². The van der Waals surface area contributed by atoms with E-state index in [0.29, 0.717) is 48.4 Å². The van der Waals surface area contributed by atoms with E-state index in [1.54, 1.807) is 25.1 Å². The number of rotatable bonds is 3. The largest absolute Gasteiger partial charge is 0.507 e. The smallest absolute Gasteiger partial charge is 0.342 e. The molecule has 1 N–H and O–H groups in total. The standard InChI is InChI=1S/C25H27ClO5/c1-17-8-7-12-20(27)11-4-2-3-9-18-14-21(15-23(28)24(18)25(29)31-17)30-16-19-10-5-6-13-22(19)26/h3,5-6,9-10,13-15,17,28H,2,4,7-8,11-12,16H2,1H3. The second kappa shape index (κ2) is 11.0. The lowest BCUT2D eigenvalue weighted by Crippen LogP contribution is -2.17. The van der Waals surface area contributed by atoms with E-state index in [1.165, 1.54) is 6.07 Å². The summed E-state index contributed by atoms with van der Waals surface area (Å²) in [5.74, 6) is -0.142. The van der Waals surface area contributed by atoms with Crippen LogP contribution < -0.4 is 4.74 Å². The van der Waals surface area contributed by atoms with Crippen LogP contribution in [0.2, 0.25) is 5.02 Å². The predicted octanol–water partition coefficient (Wildman–Crippen LogP) is 6.11. The first-order valence-corrected chi connectivity index (χ1v) is 10.9. The number of esters is 1. The summed E-state index contributed by atoms with van der Waals surface area (Å²) in [6.07, 6.45) is 7.07. The monoisotopic (exact) mass is 442 g/mol. The van der Waals surface area contributed by atoms with E-state index in [1.807, 2.05) is 24.3 Å². The summed E-state index contributed by atoms with van der Waals surface area (Å²) in [5, 5.41) is 11.2. The Kier molecular flexibility index (Phi) is 8.13. The van der Waals surface area contributed by atoms with E-state index in [4.69, 9.17) is 21.1 Å². The molecule has 3 rings (SSSR count). The molecule has 0 saturated heterocycles. The fraction of sp³-hybridized carbons (Fsp3) is 0.360. The van der Waals surface area contributed by atoms with Gasteiger partial charge in [-0.3, -0.25) is 4.79 Å². The van der Waals surface area contributed by atoms with Crippen LogP contribution in [0.15, 0.2) is 42.5 Å². The zero-order chi connectivity index (χ0) is 22.2. The first kappa shape index (κ1) is 22.9. The molecule has 1 unspecified atom stereocenters. The molecular formula is C25H27ClO5. The molecule has 0 fully saturated rings. The Balaban J connectivity index is 1.86. The summed E-state index contributed by atoms with van der Waals surface area (Å²) < 4.78 is 11.3. The molecule has 0 bridgehead atoms. The number of allylic oxidation sites excluding steroid dienone is 1. The maximum absolute atomic E-state index is 12.8. The number of Topliss-reactive ketones (excluding diaryl/α,β-unsaturated/α-hetero) is 1. The molecule has 2 aromatic carbocycles. The summed E-state index contributed by atoms with van der Waals surface area (Å²) in [5.41, 5.74) is 1.44. The van der Waals surface area contributed by atoms with E-state index in [9.17, 15) is 14.7 Å². The third-order valence-electron chi connectivity index (χ3n) is 5.18. The van der Waals surface area contributed by atoms with Crippen molar-refractivity contribution in [2.45, 2.75) is 58.2 Å².